The molecule has 86 valence electrons. The van der Waals surface area contributed by atoms with E-state index in [0.29, 0.717) is 12.1 Å². The number of ketones is 1. The molecule has 0 atom stereocenters. The van der Waals surface area contributed by atoms with Crippen LogP contribution < -0.4 is 0 Å². The van der Waals surface area contributed by atoms with Crippen molar-refractivity contribution in [1.82, 2.24) is 5.06 Å². The highest BCUT2D eigenvalue weighted by Gasteiger charge is 2.01. The highest BCUT2D eigenvalue weighted by atomic mass is 16.5. The summed E-state index contributed by atoms with van der Waals surface area (Å²) in [6, 6.07) is 9.12. The van der Waals surface area contributed by atoms with Gasteiger partial charge in [-0.2, -0.15) is 0 Å². The zero-order valence-electron chi connectivity index (χ0n) is 9.28. The highest BCUT2D eigenvalue weighted by molar-refractivity contribution is 6.04. The fourth-order valence-corrected chi connectivity index (χ4v) is 1.49. The van der Waals surface area contributed by atoms with Gasteiger partial charge in [-0.1, -0.05) is 42.5 Å². The van der Waals surface area contributed by atoms with Gasteiger partial charge in [-0.3, -0.25) is 15.1 Å². The van der Waals surface area contributed by atoms with Gasteiger partial charge in [0.05, 0.1) is 6.54 Å². The van der Waals surface area contributed by atoms with E-state index in [0.717, 1.165) is 10.6 Å². The zero-order chi connectivity index (χ0) is 12.1. The van der Waals surface area contributed by atoms with E-state index in [1.165, 1.54) is 0 Å². The van der Waals surface area contributed by atoms with Crippen molar-refractivity contribution in [2.24, 2.45) is 0 Å². The molecular weight excluding hydrogens is 214 g/mol. The van der Waals surface area contributed by atoms with Crippen LogP contribution in [-0.4, -0.2) is 22.6 Å². The van der Waals surface area contributed by atoms with Crippen LogP contribution in [0, 0.1) is 0 Å². The van der Waals surface area contributed by atoms with Crippen LogP contribution in [0.4, 0.5) is 0 Å². The lowest BCUT2D eigenvalue weighted by Gasteiger charge is -2.13. The average molecular weight is 227 g/mol. The molecule has 17 heavy (non-hydrogen) atoms. The number of hydroxylamine groups is 2. The monoisotopic (exact) mass is 227 g/mol. The van der Waals surface area contributed by atoms with Crippen LogP contribution in [0.1, 0.15) is 10.4 Å². The van der Waals surface area contributed by atoms with Crippen LogP contribution in [0.25, 0.3) is 0 Å². The molecule has 0 bridgehead atoms. The molecule has 0 unspecified atom stereocenters. The smallest absolute Gasteiger partial charge is 0.185 e. The Morgan fingerprint density at radius 3 is 2.71 bits per heavy atom. The topological polar surface area (TPSA) is 40.5 Å². The average Bonchev–Trinajstić information content (AvgIpc) is 2.39. The van der Waals surface area contributed by atoms with Gasteiger partial charge in [0.2, 0.25) is 0 Å². The Balaban J connectivity index is 2.03. The second-order valence-electron chi connectivity index (χ2n) is 3.71. The minimum Gasteiger partial charge on any atom is -0.289 e. The van der Waals surface area contributed by atoms with Gasteiger partial charge < -0.3 is 0 Å². The predicted octanol–water partition coefficient (Wildman–Crippen LogP) is 2.57. The summed E-state index contributed by atoms with van der Waals surface area (Å²) in [6.45, 7) is 0.440. The molecule has 0 saturated carbocycles. The predicted molar refractivity (Wildman–Crippen MR) is 65.6 cm³/mol. The van der Waals surface area contributed by atoms with Gasteiger partial charge in [0.15, 0.2) is 5.78 Å². The quantitative estimate of drug-likeness (QED) is 0.637. The normalized spacial score (nSPS) is 15.1. The van der Waals surface area contributed by atoms with Crippen molar-refractivity contribution < 1.29 is 10.0 Å². The number of benzene rings is 1. The molecule has 1 heterocycles. The Labute approximate surface area is 99.9 Å². The first kappa shape index (κ1) is 11.4. The van der Waals surface area contributed by atoms with Gasteiger partial charge >= 0.3 is 0 Å². The minimum atomic E-state index is -0.0219. The van der Waals surface area contributed by atoms with E-state index in [2.05, 4.69) is 0 Å². The number of carbonyl (C=O) groups is 1. The number of nitrogens with zero attached hydrogens (tertiary/aromatic N) is 1. The summed E-state index contributed by atoms with van der Waals surface area (Å²) in [4.78, 5) is 11.8. The van der Waals surface area contributed by atoms with Crippen LogP contribution in [0.15, 0.2) is 66.4 Å². The van der Waals surface area contributed by atoms with E-state index in [-0.39, 0.29) is 5.78 Å². The molecule has 0 spiro atoms. The van der Waals surface area contributed by atoms with Gasteiger partial charge in [0.1, 0.15) is 0 Å². The second-order valence-corrected chi connectivity index (χ2v) is 3.71. The van der Waals surface area contributed by atoms with E-state index in [1.54, 1.807) is 36.6 Å². The maximum absolute atomic E-state index is 11.8. The molecule has 0 amide bonds. The van der Waals surface area contributed by atoms with E-state index < -0.39 is 0 Å². The summed E-state index contributed by atoms with van der Waals surface area (Å²) in [5.74, 6) is -0.0219. The Bertz CT molecular complexity index is 486. The molecular formula is C14H13NO2. The molecule has 0 aromatic heterocycles. The number of hydrogen-bond acceptors (Lipinski definition) is 3. The molecule has 1 aromatic carbocycles. The Hall–Kier alpha value is -2.13. The van der Waals surface area contributed by atoms with Crippen molar-refractivity contribution in [3.8, 4) is 0 Å². The van der Waals surface area contributed by atoms with E-state index in [1.807, 2.05) is 24.3 Å². The van der Waals surface area contributed by atoms with Crippen molar-refractivity contribution in [1.29, 1.82) is 0 Å². The Morgan fingerprint density at radius 2 is 2.06 bits per heavy atom. The molecule has 3 heteroatoms. The van der Waals surface area contributed by atoms with Gasteiger partial charge in [-0.25, -0.2) is 0 Å². The van der Waals surface area contributed by atoms with Gasteiger partial charge in [0.25, 0.3) is 0 Å². The summed E-state index contributed by atoms with van der Waals surface area (Å²) in [7, 11) is 0. The lowest BCUT2D eigenvalue weighted by atomic mass is 10.1. The molecule has 0 radical (unpaired) electrons. The molecule has 3 nitrogen and oxygen atoms in total. The molecule has 0 fully saturated rings. The van der Waals surface area contributed by atoms with Crippen molar-refractivity contribution in [3.63, 3.8) is 0 Å². The van der Waals surface area contributed by atoms with Gasteiger partial charge in [-0.15, -0.1) is 0 Å². The van der Waals surface area contributed by atoms with Gasteiger partial charge in [0, 0.05) is 11.8 Å². The number of carbonyl (C=O) groups excluding carboxylic acids is 1. The Kier molecular flexibility index (Phi) is 3.52. The number of hydrogen-bond donors (Lipinski definition) is 1. The first-order valence-corrected chi connectivity index (χ1v) is 5.37. The summed E-state index contributed by atoms with van der Waals surface area (Å²) in [6.07, 6.45) is 8.44. The number of rotatable bonds is 3. The van der Waals surface area contributed by atoms with Crippen molar-refractivity contribution in [3.05, 3.63) is 72.0 Å². The largest absolute Gasteiger partial charge is 0.289 e. The highest BCUT2D eigenvalue weighted by Crippen LogP contribution is 2.08. The maximum atomic E-state index is 11.8. The standard InChI is InChI=1S/C14H13NO2/c16-14(13-4-2-1-3-5-13)7-6-12-8-10-15(17)11-9-12/h1-10,17H,11H2. The van der Waals surface area contributed by atoms with Crippen LogP contribution in [0.2, 0.25) is 0 Å². The molecule has 2 rings (SSSR count). The zero-order valence-corrected chi connectivity index (χ0v) is 9.28. The number of allylic oxidation sites excluding steroid dienone is 4. The maximum Gasteiger partial charge on any atom is 0.185 e. The van der Waals surface area contributed by atoms with Crippen molar-refractivity contribution in [2.45, 2.75) is 0 Å². The third-order valence-corrected chi connectivity index (χ3v) is 2.44. The van der Waals surface area contributed by atoms with Crippen LogP contribution >= 0.6 is 0 Å². The van der Waals surface area contributed by atoms with Crippen LogP contribution in [0.5, 0.6) is 0 Å². The fourth-order valence-electron chi connectivity index (χ4n) is 1.49. The summed E-state index contributed by atoms with van der Waals surface area (Å²) < 4.78 is 0. The summed E-state index contributed by atoms with van der Waals surface area (Å²) >= 11 is 0. The van der Waals surface area contributed by atoms with E-state index in [9.17, 15) is 4.79 Å². The van der Waals surface area contributed by atoms with Crippen LogP contribution in [0.3, 0.4) is 0 Å². The second kappa shape index (κ2) is 5.27. The first-order chi connectivity index (χ1) is 8.25. The molecule has 1 aliphatic heterocycles. The molecule has 0 aliphatic carbocycles. The molecule has 1 aliphatic rings. The fraction of sp³-hybridized carbons (Fsp3) is 0.0714. The van der Waals surface area contributed by atoms with E-state index >= 15 is 0 Å². The molecule has 0 saturated heterocycles. The Morgan fingerprint density at radius 1 is 1.29 bits per heavy atom. The lowest BCUT2D eigenvalue weighted by Crippen LogP contribution is -2.14. The first-order valence-electron chi connectivity index (χ1n) is 5.37. The minimum absolute atomic E-state index is 0.0219. The third-order valence-electron chi connectivity index (χ3n) is 2.44. The summed E-state index contributed by atoms with van der Waals surface area (Å²) in [5.41, 5.74) is 1.59. The molecule has 1 aromatic rings. The van der Waals surface area contributed by atoms with Crippen molar-refractivity contribution >= 4 is 5.78 Å². The lowest BCUT2D eigenvalue weighted by molar-refractivity contribution is -0.0304. The van der Waals surface area contributed by atoms with Gasteiger partial charge in [-0.05, 0) is 17.7 Å². The SMILES string of the molecule is O=C(C=CC1=CCN(O)C=C1)c1ccccc1. The molecule has 1 N–H and O–H groups in total. The third kappa shape index (κ3) is 3.16. The van der Waals surface area contributed by atoms with Crippen LogP contribution in [-0.2, 0) is 0 Å². The van der Waals surface area contributed by atoms with Crippen molar-refractivity contribution in [2.75, 3.05) is 6.54 Å². The van der Waals surface area contributed by atoms with E-state index in [4.69, 9.17) is 5.21 Å². The summed E-state index contributed by atoms with van der Waals surface area (Å²) in [5, 5.41) is 10.2.